The largest absolute Gasteiger partial charge is 0.383 e. The third kappa shape index (κ3) is 2.42. The molecule has 0 aliphatic carbocycles. The lowest BCUT2D eigenvalue weighted by Crippen LogP contribution is -2.00. The Kier molecular flexibility index (Phi) is 3.48. The van der Waals surface area contributed by atoms with E-state index in [2.05, 4.69) is 17.0 Å². The summed E-state index contributed by atoms with van der Waals surface area (Å²) in [6.07, 6.45) is 5.68. The number of aryl methyl sites for hydroxylation is 1. The minimum atomic E-state index is -0.683. The van der Waals surface area contributed by atoms with E-state index in [1.807, 2.05) is 41.2 Å². The quantitative estimate of drug-likeness (QED) is 0.790. The van der Waals surface area contributed by atoms with Crippen molar-refractivity contribution in [3.05, 3.63) is 60.0 Å². The topological polar surface area (TPSA) is 50.9 Å². The van der Waals surface area contributed by atoms with Crippen molar-refractivity contribution in [2.75, 3.05) is 0 Å². The highest BCUT2D eigenvalue weighted by atomic mass is 16.3. The van der Waals surface area contributed by atoms with Gasteiger partial charge in [-0.1, -0.05) is 25.1 Å². The average Bonchev–Trinajstić information content (AvgIpc) is 2.95. The van der Waals surface area contributed by atoms with E-state index < -0.39 is 6.10 Å². The number of hydrogen-bond acceptors (Lipinski definition) is 3. The summed E-state index contributed by atoms with van der Waals surface area (Å²) >= 11 is 0. The Morgan fingerprint density at radius 3 is 2.90 bits per heavy atom. The first kappa shape index (κ1) is 12.8. The lowest BCUT2D eigenvalue weighted by molar-refractivity contribution is 0.220. The molecule has 1 N–H and O–H groups in total. The van der Waals surface area contributed by atoms with Gasteiger partial charge in [0, 0.05) is 35.5 Å². The van der Waals surface area contributed by atoms with Crippen LogP contribution in [-0.2, 0) is 6.54 Å². The van der Waals surface area contributed by atoms with Crippen LogP contribution in [0.15, 0.2) is 48.9 Å². The van der Waals surface area contributed by atoms with E-state index in [4.69, 9.17) is 0 Å². The summed E-state index contributed by atoms with van der Waals surface area (Å²) in [5.41, 5.74) is 2.53. The van der Waals surface area contributed by atoms with Crippen LogP contribution in [0.3, 0.4) is 0 Å². The Morgan fingerprint density at radius 1 is 1.20 bits per heavy atom. The normalized spacial score (nSPS) is 12.7. The predicted molar refractivity (Wildman–Crippen MR) is 78.3 cm³/mol. The minimum absolute atomic E-state index is 0.683. The van der Waals surface area contributed by atoms with E-state index >= 15 is 0 Å². The maximum Gasteiger partial charge on any atom is 0.109 e. The molecule has 0 spiro atoms. The summed E-state index contributed by atoms with van der Waals surface area (Å²) in [6.45, 7) is 2.97. The Morgan fingerprint density at radius 2 is 2.05 bits per heavy atom. The van der Waals surface area contributed by atoms with Gasteiger partial charge in [-0.3, -0.25) is 9.67 Å². The van der Waals surface area contributed by atoms with Gasteiger partial charge in [-0.15, -0.1) is 0 Å². The molecule has 1 atom stereocenters. The number of nitrogens with zero attached hydrogens (tertiary/aromatic N) is 3. The molecule has 0 saturated carbocycles. The average molecular weight is 267 g/mol. The molecule has 4 nitrogen and oxygen atoms in total. The molecule has 0 bridgehead atoms. The van der Waals surface area contributed by atoms with Gasteiger partial charge < -0.3 is 5.11 Å². The first-order valence-corrected chi connectivity index (χ1v) is 6.83. The summed E-state index contributed by atoms with van der Waals surface area (Å²) in [7, 11) is 0. The van der Waals surface area contributed by atoms with Crippen LogP contribution in [0.1, 0.15) is 30.6 Å². The second kappa shape index (κ2) is 5.43. The van der Waals surface area contributed by atoms with E-state index in [9.17, 15) is 5.11 Å². The summed E-state index contributed by atoms with van der Waals surface area (Å²) < 4.78 is 1.85. The summed E-state index contributed by atoms with van der Waals surface area (Å²) in [6, 6.07) is 9.87. The maximum atomic E-state index is 10.4. The minimum Gasteiger partial charge on any atom is -0.383 e. The molecule has 0 amide bonds. The molecule has 0 aliphatic heterocycles. The predicted octanol–water partition coefficient (Wildman–Crippen LogP) is 2.92. The first-order valence-electron chi connectivity index (χ1n) is 6.83. The molecular formula is C16H17N3O. The number of aromatic nitrogens is 3. The zero-order chi connectivity index (χ0) is 13.9. The SMILES string of the molecule is CCCn1cc(C(O)c2cnc3ccccc3c2)cn1. The highest BCUT2D eigenvalue weighted by molar-refractivity contribution is 5.78. The summed E-state index contributed by atoms with van der Waals surface area (Å²) in [5, 5.41) is 15.7. The van der Waals surface area contributed by atoms with E-state index in [1.165, 1.54) is 0 Å². The van der Waals surface area contributed by atoms with Crippen LogP contribution < -0.4 is 0 Å². The number of hydrogen-bond donors (Lipinski definition) is 1. The second-order valence-electron chi connectivity index (χ2n) is 4.90. The number of rotatable bonds is 4. The highest BCUT2D eigenvalue weighted by Gasteiger charge is 2.13. The van der Waals surface area contributed by atoms with Gasteiger partial charge >= 0.3 is 0 Å². The van der Waals surface area contributed by atoms with Gasteiger partial charge in [-0.25, -0.2) is 0 Å². The van der Waals surface area contributed by atoms with Crippen molar-refractivity contribution in [1.82, 2.24) is 14.8 Å². The van der Waals surface area contributed by atoms with Gasteiger partial charge in [-0.2, -0.15) is 5.10 Å². The van der Waals surface area contributed by atoms with Crippen LogP contribution in [0, 0.1) is 0 Å². The Balaban J connectivity index is 1.92. The third-order valence-corrected chi connectivity index (χ3v) is 3.35. The van der Waals surface area contributed by atoms with Crippen molar-refractivity contribution >= 4 is 10.9 Å². The van der Waals surface area contributed by atoms with Gasteiger partial charge in [0.05, 0.1) is 11.7 Å². The molecule has 102 valence electrons. The second-order valence-corrected chi connectivity index (χ2v) is 4.90. The van der Waals surface area contributed by atoms with E-state index in [0.717, 1.165) is 35.0 Å². The molecule has 1 unspecified atom stereocenters. The van der Waals surface area contributed by atoms with Gasteiger partial charge in [0.2, 0.25) is 0 Å². The first-order chi connectivity index (χ1) is 9.78. The molecule has 3 aromatic rings. The fourth-order valence-electron chi connectivity index (χ4n) is 2.30. The maximum absolute atomic E-state index is 10.4. The summed E-state index contributed by atoms with van der Waals surface area (Å²) in [5.74, 6) is 0. The van der Waals surface area contributed by atoms with Crippen molar-refractivity contribution in [1.29, 1.82) is 0 Å². The lowest BCUT2D eigenvalue weighted by atomic mass is 10.0. The van der Waals surface area contributed by atoms with Crippen LogP contribution in [0.2, 0.25) is 0 Å². The van der Waals surface area contributed by atoms with Crippen molar-refractivity contribution in [2.45, 2.75) is 26.0 Å². The van der Waals surface area contributed by atoms with Crippen LogP contribution in [-0.4, -0.2) is 19.9 Å². The van der Waals surface area contributed by atoms with Crippen molar-refractivity contribution in [3.8, 4) is 0 Å². The van der Waals surface area contributed by atoms with Crippen LogP contribution >= 0.6 is 0 Å². The third-order valence-electron chi connectivity index (χ3n) is 3.35. The fourth-order valence-corrected chi connectivity index (χ4v) is 2.30. The Hall–Kier alpha value is -2.20. The molecule has 0 radical (unpaired) electrons. The van der Waals surface area contributed by atoms with Crippen LogP contribution in [0.5, 0.6) is 0 Å². The summed E-state index contributed by atoms with van der Waals surface area (Å²) in [4.78, 5) is 4.38. The fraction of sp³-hybridized carbons (Fsp3) is 0.250. The molecule has 4 heteroatoms. The number of aliphatic hydroxyl groups is 1. The Bertz CT molecular complexity index is 720. The van der Waals surface area contributed by atoms with Crippen molar-refractivity contribution < 1.29 is 5.11 Å². The van der Waals surface area contributed by atoms with Crippen LogP contribution in [0.25, 0.3) is 10.9 Å². The van der Waals surface area contributed by atoms with Crippen LogP contribution in [0.4, 0.5) is 0 Å². The monoisotopic (exact) mass is 267 g/mol. The van der Waals surface area contributed by atoms with E-state index in [1.54, 1.807) is 12.4 Å². The molecule has 3 rings (SSSR count). The number of fused-ring (bicyclic) bond motifs is 1. The standard InChI is InChI=1S/C16H17N3O/c1-2-7-19-11-14(10-18-19)16(20)13-8-12-5-3-4-6-15(12)17-9-13/h3-6,8-11,16,20H,2,7H2,1H3. The van der Waals surface area contributed by atoms with E-state index in [-0.39, 0.29) is 0 Å². The zero-order valence-corrected chi connectivity index (χ0v) is 11.4. The van der Waals surface area contributed by atoms with E-state index in [0.29, 0.717) is 0 Å². The smallest absolute Gasteiger partial charge is 0.109 e. The molecule has 0 saturated heterocycles. The van der Waals surface area contributed by atoms with Crippen molar-refractivity contribution in [2.24, 2.45) is 0 Å². The molecule has 2 aromatic heterocycles. The van der Waals surface area contributed by atoms with Crippen molar-refractivity contribution in [3.63, 3.8) is 0 Å². The lowest BCUT2D eigenvalue weighted by Gasteiger charge is -2.09. The van der Waals surface area contributed by atoms with Gasteiger partial charge in [0.1, 0.15) is 6.10 Å². The molecular weight excluding hydrogens is 250 g/mol. The van der Waals surface area contributed by atoms with Gasteiger partial charge in [0.15, 0.2) is 0 Å². The number of para-hydroxylation sites is 1. The number of benzene rings is 1. The molecule has 0 fully saturated rings. The van der Waals surface area contributed by atoms with Gasteiger partial charge in [0.25, 0.3) is 0 Å². The molecule has 20 heavy (non-hydrogen) atoms. The molecule has 2 heterocycles. The Labute approximate surface area is 117 Å². The zero-order valence-electron chi connectivity index (χ0n) is 11.4. The molecule has 1 aromatic carbocycles. The molecule has 0 aliphatic rings. The number of aliphatic hydroxyl groups excluding tert-OH is 1. The highest BCUT2D eigenvalue weighted by Crippen LogP contribution is 2.23. The van der Waals surface area contributed by atoms with Gasteiger partial charge in [-0.05, 0) is 18.6 Å². The number of pyridine rings is 1.